The van der Waals surface area contributed by atoms with E-state index in [2.05, 4.69) is 4.98 Å². The van der Waals surface area contributed by atoms with E-state index in [0.717, 1.165) is 11.1 Å². The van der Waals surface area contributed by atoms with Gasteiger partial charge in [0.25, 0.3) is 5.78 Å². The molecule has 216 valence electrons. The fourth-order valence-electron chi connectivity index (χ4n) is 4.98. The standard InChI is InChI=1S/C31H27ClN2O7S/c1-3-11-39-21-9-5-17(14-23(21)38-4-2)27-26(28(35)18-6-10-22-24(15-18)41-13-12-40-22)29(36)30(37)34(27)31-33-20-8-7-19(32)16-25(20)42-31/h5-10,14-16,27,35H,3-4,11-13H2,1-2H3/b28-26+/t27-/m1/s1. The van der Waals surface area contributed by atoms with Crippen molar-refractivity contribution in [1.82, 2.24) is 4.98 Å². The van der Waals surface area contributed by atoms with E-state index in [1.54, 1.807) is 54.6 Å². The van der Waals surface area contributed by atoms with Gasteiger partial charge >= 0.3 is 5.91 Å². The van der Waals surface area contributed by atoms with Crippen LogP contribution in [-0.4, -0.2) is 48.2 Å². The van der Waals surface area contributed by atoms with Crippen molar-refractivity contribution >= 4 is 55.7 Å². The molecule has 1 amide bonds. The Kier molecular flexibility index (Phi) is 7.66. The van der Waals surface area contributed by atoms with Crippen molar-refractivity contribution < 1.29 is 33.6 Å². The van der Waals surface area contributed by atoms with Gasteiger partial charge in [-0.25, -0.2) is 4.98 Å². The molecular weight excluding hydrogens is 580 g/mol. The Balaban J connectivity index is 1.53. The number of hydrogen-bond donors (Lipinski definition) is 1. The molecule has 6 rings (SSSR count). The minimum Gasteiger partial charge on any atom is -0.507 e. The zero-order chi connectivity index (χ0) is 29.4. The number of aliphatic hydroxyl groups is 1. The molecule has 42 heavy (non-hydrogen) atoms. The van der Waals surface area contributed by atoms with Gasteiger partial charge in [-0.2, -0.15) is 0 Å². The van der Waals surface area contributed by atoms with E-state index in [9.17, 15) is 14.7 Å². The number of ketones is 1. The van der Waals surface area contributed by atoms with Gasteiger partial charge in [0.15, 0.2) is 28.1 Å². The van der Waals surface area contributed by atoms with Crippen molar-refractivity contribution in [2.45, 2.75) is 26.3 Å². The first-order chi connectivity index (χ1) is 20.4. The van der Waals surface area contributed by atoms with E-state index < -0.39 is 17.7 Å². The van der Waals surface area contributed by atoms with Crippen LogP contribution in [0.15, 0.2) is 60.2 Å². The van der Waals surface area contributed by atoms with Crippen LogP contribution in [0.5, 0.6) is 23.0 Å². The summed E-state index contributed by atoms with van der Waals surface area (Å²) in [5.41, 5.74) is 1.40. The third-order valence-corrected chi connectivity index (χ3v) is 8.10. The van der Waals surface area contributed by atoms with Gasteiger partial charge in [-0.1, -0.05) is 35.9 Å². The molecule has 1 N–H and O–H groups in total. The zero-order valence-electron chi connectivity index (χ0n) is 22.9. The van der Waals surface area contributed by atoms with Crippen LogP contribution in [0.1, 0.15) is 37.4 Å². The first-order valence-corrected chi connectivity index (χ1v) is 14.8. The number of benzene rings is 3. The topological polar surface area (TPSA) is 107 Å². The molecule has 1 saturated heterocycles. The monoisotopic (exact) mass is 606 g/mol. The molecule has 2 aliphatic heterocycles. The Morgan fingerprint density at radius 3 is 2.62 bits per heavy atom. The summed E-state index contributed by atoms with van der Waals surface area (Å²) in [6, 6.07) is 14.4. The van der Waals surface area contributed by atoms with Crippen LogP contribution in [0, 0.1) is 0 Å². The van der Waals surface area contributed by atoms with Crippen LogP contribution in [0.25, 0.3) is 16.0 Å². The number of rotatable bonds is 8. The van der Waals surface area contributed by atoms with Gasteiger partial charge < -0.3 is 24.1 Å². The number of aliphatic hydroxyl groups excluding tert-OH is 1. The van der Waals surface area contributed by atoms with Crippen molar-refractivity contribution in [2.75, 3.05) is 31.3 Å². The molecule has 0 spiro atoms. The van der Waals surface area contributed by atoms with Crippen LogP contribution < -0.4 is 23.8 Å². The van der Waals surface area contributed by atoms with E-state index in [-0.39, 0.29) is 11.3 Å². The molecule has 1 atom stereocenters. The number of aromatic nitrogens is 1. The summed E-state index contributed by atoms with van der Waals surface area (Å²) in [7, 11) is 0. The molecule has 9 nitrogen and oxygen atoms in total. The average Bonchev–Trinajstić information content (AvgIpc) is 3.53. The van der Waals surface area contributed by atoms with Gasteiger partial charge in [-0.15, -0.1) is 0 Å². The maximum atomic E-state index is 13.7. The highest BCUT2D eigenvalue weighted by molar-refractivity contribution is 7.22. The summed E-state index contributed by atoms with van der Waals surface area (Å²) in [6.45, 7) is 5.51. The average molecular weight is 607 g/mol. The van der Waals surface area contributed by atoms with E-state index in [1.165, 1.54) is 16.2 Å². The van der Waals surface area contributed by atoms with Gasteiger partial charge in [-0.05, 0) is 67.4 Å². The van der Waals surface area contributed by atoms with Crippen molar-refractivity contribution in [1.29, 1.82) is 0 Å². The number of Topliss-reactive ketones (excluding diaryl/α,β-unsaturated/α-hetero) is 1. The molecule has 4 aromatic rings. The second-order valence-electron chi connectivity index (χ2n) is 9.62. The van der Waals surface area contributed by atoms with Crippen LogP contribution in [-0.2, 0) is 9.59 Å². The lowest BCUT2D eigenvalue weighted by Crippen LogP contribution is -2.29. The predicted molar refractivity (Wildman–Crippen MR) is 160 cm³/mol. The number of amides is 1. The summed E-state index contributed by atoms with van der Waals surface area (Å²) in [5.74, 6) is -0.0128. The van der Waals surface area contributed by atoms with Crippen LogP contribution in [0.4, 0.5) is 5.13 Å². The molecule has 0 bridgehead atoms. The Labute approximate surface area is 250 Å². The lowest BCUT2D eigenvalue weighted by Gasteiger charge is -2.24. The Bertz CT molecular complexity index is 1730. The zero-order valence-corrected chi connectivity index (χ0v) is 24.5. The molecule has 0 radical (unpaired) electrons. The second kappa shape index (κ2) is 11.5. The highest BCUT2D eigenvalue weighted by atomic mass is 35.5. The number of fused-ring (bicyclic) bond motifs is 2. The molecule has 11 heteroatoms. The molecule has 1 aromatic heterocycles. The third-order valence-electron chi connectivity index (χ3n) is 6.85. The molecule has 0 aliphatic carbocycles. The molecule has 2 aliphatic rings. The third kappa shape index (κ3) is 5.01. The number of carbonyl (C=O) groups is 2. The molecule has 3 aromatic carbocycles. The number of carbonyl (C=O) groups excluding carboxylic acids is 2. The summed E-state index contributed by atoms with van der Waals surface area (Å²) in [5, 5.41) is 12.4. The molecule has 0 saturated carbocycles. The fourth-order valence-corrected chi connectivity index (χ4v) is 6.24. The second-order valence-corrected chi connectivity index (χ2v) is 11.1. The SMILES string of the molecule is CCCOc1ccc([C@@H]2/C(=C(\O)c3ccc4c(c3)OCCO4)C(=O)C(=O)N2c2nc3ccc(Cl)cc3s2)cc1OCC. The van der Waals surface area contributed by atoms with Crippen LogP contribution in [0.2, 0.25) is 5.02 Å². The van der Waals surface area contributed by atoms with Gasteiger partial charge in [0, 0.05) is 10.6 Å². The first kappa shape index (κ1) is 27.9. The maximum absolute atomic E-state index is 13.7. The number of halogens is 1. The predicted octanol–water partition coefficient (Wildman–Crippen LogP) is 6.53. The largest absolute Gasteiger partial charge is 0.507 e. The molecule has 3 heterocycles. The fraction of sp³-hybridized carbons (Fsp3) is 0.258. The lowest BCUT2D eigenvalue weighted by atomic mass is 9.95. The van der Waals surface area contributed by atoms with Gasteiger partial charge in [0.05, 0.1) is 35.0 Å². The van der Waals surface area contributed by atoms with Crippen molar-refractivity contribution in [3.8, 4) is 23.0 Å². The highest BCUT2D eigenvalue weighted by Gasteiger charge is 2.48. The normalized spacial score (nSPS) is 17.6. The quantitative estimate of drug-likeness (QED) is 0.137. The minimum absolute atomic E-state index is 0.0846. The number of hydrogen-bond acceptors (Lipinski definition) is 9. The lowest BCUT2D eigenvalue weighted by molar-refractivity contribution is -0.132. The van der Waals surface area contributed by atoms with Crippen LogP contribution in [0.3, 0.4) is 0 Å². The van der Waals surface area contributed by atoms with Gasteiger partial charge in [0.1, 0.15) is 19.0 Å². The number of anilines is 1. The van der Waals surface area contributed by atoms with Gasteiger partial charge in [-0.3, -0.25) is 14.5 Å². The van der Waals surface area contributed by atoms with E-state index in [0.29, 0.717) is 76.2 Å². The van der Waals surface area contributed by atoms with E-state index >= 15 is 0 Å². The summed E-state index contributed by atoms with van der Waals surface area (Å²) in [6.07, 6.45) is 0.810. The minimum atomic E-state index is -1.01. The number of thiazole rings is 1. The first-order valence-electron chi connectivity index (χ1n) is 13.6. The number of ether oxygens (including phenoxy) is 4. The summed E-state index contributed by atoms with van der Waals surface area (Å²) in [4.78, 5) is 33.4. The van der Waals surface area contributed by atoms with Gasteiger partial charge in [0.2, 0.25) is 0 Å². The number of nitrogens with zero attached hydrogens (tertiary/aromatic N) is 2. The summed E-state index contributed by atoms with van der Waals surface area (Å²) >= 11 is 7.43. The van der Waals surface area contributed by atoms with E-state index in [4.69, 9.17) is 30.5 Å². The highest BCUT2D eigenvalue weighted by Crippen LogP contribution is 2.46. The maximum Gasteiger partial charge on any atom is 0.301 e. The molecular formula is C31H27ClN2O7S. The molecule has 0 unspecified atom stereocenters. The van der Waals surface area contributed by atoms with Crippen molar-refractivity contribution in [2.24, 2.45) is 0 Å². The van der Waals surface area contributed by atoms with Crippen molar-refractivity contribution in [3.63, 3.8) is 0 Å². The van der Waals surface area contributed by atoms with Crippen molar-refractivity contribution in [3.05, 3.63) is 76.3 Å². The smallest absolute Gasteiger partial charge is 0.301 e. The molecule has 1 fully saturated rings. The Morgan fingerprint density at radius 1 is 1.02 bits per heavy atom. The van der Waals surface area contributed by atoms with E-state index in [1.807, 2.05) is 13.8 Å². The van der Waals surface area contributed by atoms with Crippen LogP contribution >= 0.6 is 22.9 Å². The Morgan fingerprint density at radius 2 is 1.83 bits per heavy atom. The Hall–Kier alpha value is -4.28. The summed E-state index contributed by atoms with van der Waals surface area (Å²) < 4.78 is 23.8.